The van der Waals surface area contributed by atoms with Gasteiger partial charge in [-0.2, -0.15) is 8.42 Å². The molecular formula is C6H11NNaO5S. The standard InChI is InChI=1S/C6H7NO3S.Na.2H2O/c7-5-1-3-6(4-2-5)11(8,9)10;;;/h1-4H,7H2,(H,8,9,10);;2*1H2. The molecule has 1 radical (unpaired) electrons. The van der Waals surface area contributed by atoms with Crippen LogP contribution in [0.3, 0.4) is 0 Å². The van der Waals surface area contributed by atoms with Crippen LogP contribution in [0.4, 0.5) is 5.69 Å². The maximum Gasteiger partial charge on any atom is 0.294 e. The molecule has 14 heavy (non-hydrogen) atoms. The summed E-state index contributed by atoms with van der Waals surface area (Å²) in [6.07, 6.45) is 0. The summed E-state index contributed by atoms with van der Waals surface area (Å²) in [5.41, 5.74) is 5.75. The molecule has 6 nitrogen and oxygen atoms in total. The molecule has 8 heteroatoms. The van der Waals surface area contributed by atoms with Gasteiger partial charge in [0.1, 0.15) is 0 Å². The fourth-order valence-electron chi connectivity index (χ4n) is 0.640. The van der Waals surface area contributed by atoms with Crippen molar-refractivity contribution in [1.82, 2.24) is 0 Å². The Balaban J connectivity index is -0.000000403. The molecule has 0 aliphatic carbocycles. The summed E-state index contributed by atoms with van der Waals surface area (Å²) in [4.78, 5) is -0.147. The SMILES string of the molecule is Nc1ccc(S(=O)(=O)O)cc1.O.O.[Na]. The Hall–Kier alpha value is -0.150. The van der Waals surface area contributed by atoms with Gasteiger partial charge in [-0.1, -0.05) is 0 Å². The van der Waals surface area contributed by atoms with Crippen molar-refractivity contribution in [1.29, 1.82) is 0 Å². The topological polar surface area (TPSA) is 143 Å². The second-order valence-electron chi connectivity index (χ2n) is 2.04. The van der Waals surface area contributed by atoms with Gasteiger partial charge in [0.05, 0.1) is 4.90 Å². The molecular weight excluding hydrogens is 221 g/mol. The first kappa shape index (κ1) is 19.4. The van der Waals surface area contributed by atoms with Crippen molar-refractivity contribution in [3.05, 3.63) is 24.3 Å². The average molecular weight is 232 g/mol. The van der Waals surface area contributed by atoms with E-state index in [9.17, 15) is 8.42 Å². The van der Waals surface area contributed by atoms with Crippen molar-refractivity contribution >= 4 is 45.4 Å². The molecule has 7 N–H and O–H groups in total. The third kappa shape index (κ3) is 5.55. The number of hydrogen-bond donors (Lipinski definition) is 2. The minimum Gasteiger partial charge on any atom is -0.412 e. The van der Waals surface area contributed by atoms with Crippen LogP contribution in [0, 0.1) is 0 Å². The summed E-state index contributed by atoms with van der Waals surface area (Å²) in [6.45, 7) is 0. The molecule has 0 aromatic heterocycles. The smallest absolute Gasteiger partial charge is 0.294 e. The zero-order valence-electron chi connectivity index (χ0n) is 7.56. The number of anilines is 1. The van der Waals surface area contributed by atoms with E-state index in [2.05, 4.69) is 0 Å². The van der Waals surface area contributed by atoms with Crippen molar-refractivity contribution in [3.63, 3.8) is 0 Å². The summed E-state index contributed by atoms with van der Waals surface area (Å²) >= 11 is 0. The van der Waals surface area contributed by atoms with Crippen LogP contribution in [0.2, 0.25) is 0 Å². The Morgan fingerprint density at radius 2 is 1.43 bits per heavy atom. The number of rotatable bonds is 1. The van der Waals surface area contributed by atoms with E-state index in [1.165, 1.54) is 24.3 Å². The largest absolute Gasteiger partial charge is 0.412 e. The van der Waals surface area contributed by atoms with Crippen LogP contribution >= 0.6 is 0 Å². The van der Waals surface area contributed by atoms with Crippen molar-refractivity contribution in [2.24, 2.45) is 0 Å². The van der Waals surface area contributed by atoms with Gasteiger partial charge in [-0.3, -0.25) is 4.55 Å². The van der Waals surface area contributed by atoms with Gasteiger partial charge in [0.15, 0.2) is 0 Å². The molecule has 0 amide bonds. The van der Waals surface area contributed by atoms with Gasteiger partial charge in [-0.25, -0.2) is 0 Å². The first-order valence-corrected chi connectivity index (χ1v) is 4.27. The van der Waals surface area contributed by atoms with Gasteiger partial charge >= 0.3 is 0 Å². The minimum absolute atomic E-state index is 0. The zero-order chi connectivity index (χ0) is 8.48. The summed E-state index contributed by atoms with van der Waals surface area (Å²) in [5, 5.41) is 0. The predicted molar refractivity (Wildman–Crippen MR) is 53.7 cm³/mol. The van der Waals surface area contributed by atoms with E-state index in [0.29, 0.717) is 5.69 Å². The van der Waals surface area contributed by atoms with E-state index in [1.54, 1.807) is 0 Å². The second kappa shape index (κ2) is 7.18. The van der Waals surface area contributed by atoms with Crippen molar-refractivity contribution in [3.8, 4) is 0 Å². The predicted octanol–water partition coefficient (Wildman–Crippen LogP) is -1.51. The van der Waals surface area contributed by atoms with Gasteiger partial charge in [0.2, 0.25) is 0 Å². The second-order valence-corrected chi connectivity index (χ2v) is 3.47. The van der Waals surface area contributed by atoms with Crippen LogP contribution in [0.5, 0.6) is 0 Å². The first-order valence-electron chi connectivity index (χ1n) is 2.83. The Labute approximate surface area is 104 Å². The Bertz CT molecular complexity index is 349. The van der Waals surface area contributed by atoms with Gasteiger partial charge in [-0.15, -0.1) is 0 Å². The Morgan fingerprint density at radius 1 is 1.07 bits per heavy atom. The number of nitrogen functional groups attached to an aromatic ring is 1. The molecule has 0 saturated heterocycles. The Morgan fingerprint density at radius 3 is 1.71 bits per heavy atom. The van der Waals surface area contributed by atoms with Gasteiger partial charge < -0.3 is 16.7 Å². The molecule has 1 aromatic rings. The zero-order valence-corrected chi connectivity index (χ0v) is 10.4. The average Bonchev–Trinajstić information content (AvgIpc) is 1.86. The molecule has 0 spiro atoms. The van der Waals surface area contributed by atoms with E-state index < -0.39 is 10.1 Å². The molecule has 0 aliphatic heterocycles. The molecule has 0 bridgehead atoms. The molecule has 0 saturated carbocycles. The van der Waals surface area contributed by atoms with Gasteiger partial charge in [-0.05, 0) is 24.3 Å². The van der Waals surface area contributed by atoms with Crippen LogP contribution in [0.25, 0.3) is 0 Å². The third-order valence-corrected chi connectivity index (χ3v) is 2.05. The monoisotopic (exact) mass is 232 g/mol. The van der Waals surface area contributed by atoms with Crippen LogP contribution in [-0.4, -0.2) is 53.5 Å². The van der Waals surface area contributed by atoms with E-state index in [1.807, 2.05) is 0 Å². The van der Waals surface area contributed by atoms with E-state index in [4.69, 9.17) is 10.3 Å². The summed E-state index contributed by atoms with van der Waals surface area (Å²) in [6, 6.07) is 5.29. The maximum atomic E-state index is 10.5. The summed E-state index contributed by atoms with van der Waals surface area (Å²) in [5.74, 6) is 0. The summed E-state index contributed by atoms with van der Waals surface area (Å²) in [7, 11) is -4.08. The Kier molecular flexibility index (Phi) is 9.97. The fraction of sp³-hybridized carbons (Fsp3) is 0. The first-order chi connectivity index (χ1) is 5.00. The number of hydrogen-bond acceptors (Lipinski definition) is 3. The molecule has 0 unspecified atom stereocenters. The number of nitrogens with two attached hydrogens (primary N) is 1. The normalized spacial score (nSPS) is 8.93. The molecule has 77 valence electrons. The van der Waals surface area contributed by atoms with E-state index in [0.717, 1.165) is 0 Å². The van der Waals surface area contributed by atoms with E-state index in [-0.39, 0.29) is 45.4 Å². The molecule has 0 atom stereocenters. The molecule has 0 aliphatic rings. The summed E-state index contributed by atoms with van der Waals surface area (Å²) < 4.78 is 29.4. The van der Waals surface area contributed by atoms with Crippen LogP contribution < -0.4 is 5.73 Å². The van der Waals surface area contributed by atoms with E-state index >= 15 is 0 Å². The molecule has 1 rings (SSSR count). The quantitative estimate of drug-likeness (QED) is 0.344. The van der Waals surface area contributed by atoms with Crippen LogP contribution in [0.15, 0.2) is 29.2 Å². The van der Waals surface area contributed by atoms with Crippen LogP contribution in [-0.2, 0) is 10.1 Å². The third-order valence-electron chi connectivity index (χ3n) is 1.18. The van der Waals surface area contributed by atoms with Gasteiger partial charge in [0, 0.05) is 35.2 Å². The van der Waals surface area contributed by atoms with Crippen LogP contribution in [0.1, 0.15) is 0 Å². The minimum atomic E-state index is -4.08. The maximum absolute atomic E-state index is 10.5. The number of benzene rings is 1. The molecule has 0 fully saturated rings. The van der Waals surface area contributed by atoms with Crippen molar-refractivity contribution in [2.75, 3.05) is 5.73 Å². The molecule has 1 aromatic carbocycles. The van der Waals surface area contributed by atoms with Crippen molar-refractivity contribution in [2.45, 2.75) is 4.90 Å². The fourth-order valence-corrected chi connectivity index (χ4v) is 1.12. The van der Waals surface area contributed by atoms with Gasteiger partial charge in [0.25, 0.3) is 10.1 Å². The molecule has 0 heterocycles. The van der Waals surface area contributed by atoms with Crippen molar-refractivity contribution < 1.29 is 23.9 Å².